The molecular formula is C16H14F4N2OS. The maximum absolute atomic E-state index is 13.1. The van der Waals surface area contributed by atoms with Crippen LogP contribution in [-0.2, 0) is 12.7 Å². The Morgan fingerprint density at radius 1 is 1.25 bits per heavy atom. The smallest absolute Gasteiger partial charge is 0.348 e. The molecule has 8 heteroatoms. The molecule has 3 nitrogen and oxygen atoms in total. The van der Waals surface area contributed by atoms with Gasteiger partial charge in [-0.3, -0.25) is 4.79 Å². The topological polar surface area (TPSA) is 42.0 Å². The Hall–Kier alpha value is -2.09. The number of carbonyl (C=O) groups is 1. The summed E-state index contributed by atoms with van der Waals surface area (Å²) in [4.78, 5) is 16.2. The summed E-state index contributed by atoms with van der Waals surface area (Å²) < 4.78 is 51.8. The molecule has 1 aromatic heterocycles. The van der Waals surface area contributed by atoms with Crippen molar-refractivity contribution in [3.8, 4) is 0 Å². The van der Waals surface area contributed by atoms with Gasteiger partial charge in [-0.1, -0.05) is 13.0 Å². The van der Waals surface area contributed by atoms with Gasteiger partial charge in [0.05, 0.1) is 10.6 Å². The Kier molecular flexibility index (Phi) is 5.82. The zero-order valence-corrected chi connectivity index (χ0v) is 13.5. The molecule has 0 saturated heterocycles. The van der Waals surface area contributed by atoms with Gasteiger partial charge in [-0.15, -0.1) is 11.8 Å². The SMILES string of the molecule is CCSc1cc(C(=O)NCc2ccc(F)cc2C(F)(F)F)ccn1. The Morgan fingerprint density at radius 2 is 2.00 bits per heavy atom. The molecule has 2 aromatic rings. The van der Waals surface area contributed by atoms with Crippen LogP contribution < -0.4 is 5.32 Å². The molecule has 1 N–H and O–H groups in total. The number of nitrogens with one attached hydrogen (secondary N) is 1. The predicted molar refractivity (Wildman–Crippen MR) is 83.2 cm³/mol. The van der Waals surface area contributed by atoms with Gasteiger partial charge in [0.15, 0.2) is 0 Å². The molecule has 0 fully saturated rings. The average Bonchev–Trinajstić information content (AvgIpc) is 2.53. The van der Waals surface area contributed by atoms with E-state index in [0.717, 1.165) is 17.9 Å². The molecule has 0 spiro atoms. The summed E-state index contributed by atoms with van der Waals surface area (Å²) >= 11 is 1.45. The van der Waals surface area contributed by atoms with Crippen LogP contribution in [0.4, 0.5) is 17.6 Å². The van der Waals surface area contributed by atoms with Gasteiger partial charge in [0.1, 0.15) is 5.82 Å². The monoisotopic (exact) mass is 358 g/mol. The lowest BCUT2D eigenvalue weighted by Gasteiger charge is -2.13. The van der Waals surface area contributed by atoms with Gasteiger partial charge < -0.3 is 5.32 Å². The van der Waals surface area contributed by atoms with Crippen molar-refractivity contribution in [3.63, 3.8) is 0 Å². The second-order valence-electron chi connectivity index (χ2n) is 4.80. The van der Waals surface area contributed by atoms with Crippen molar-refractivity contribution in [2.75, 3.05) is 5.75 Å². The van der Waals surface area contributed by atoms with Gasteiger partial charge in [-0.2, -0.15) is 13.2 Å². The maximum Gasteiger partial charge on any atom is 0.416 e. The highest BCUT2D eigenvalue weighted by Crippen LogP contribution is 2.32. The van der Waals surface area contributed by atoms with E-state index >= 15 is 0 Å². The first-order valence-corrected chi connectivity index (χ1v) is 8.02. The number of alkyl halides is 3. The molecule has 1 amide bonds. The van der Waals surface area contributed by atoms with Crippen LogP contribution in [0.25, 0.3) is 0 Å². The molecule has 2 rings (SSSR count). The summed E-state index contributed by atoms with van der Waals surface area (Å²) in [6.45, 7) is 1.58. The molecule has 1 heterocycles. The fourth-order valence-corrected chi connectivity index (χ4v) is 2.66. The fraction of sp³-hybridized carbons (Fsp3) is 0.250. The van der Waals surface area contributed by atoms with Crippen LogP contribution in [0.2, 0.25) is 0 Å². The number of carbonyl (C=O) groups excluding carboxylic acids is 1. The third-order valence-electron chi connectivity index (χ3n) is 3.11. The number of nitrogens with zero attached hydrogens (tertiary/aromatic N) is 1. The van der Waals surface area contributed by atoms with E-state index < -0.39 is 23.5 Å². The summed E-state index contributed by atoms with van der Waals surface area (Å²) in [5, 5.41) is 3.07. The van der Waals surface area contributed by atoms with Gasteiger partial charge in [-0.25, -0.2) is 9.37 Å². The number of hydrogen-bond donors (Lipinski definition) is 1. The van der Waals surface area contributed by atoms with Gasteiger partial charge in [0, 0.05) is 18.3 Å². The summed E-state index contributed by atoms with van der Waals surface area (Å²) in [7, 11) is 0. The summed E-state index contributed by atoms with van der Waals surface area (Å²) in [6.07, 6.45) is -3.23. The van der Waals surface area contributed by atoms with Crippen molar-refractivity contribution < 1.29 is 22.4 Å². The van der Waals surface area contributed by atoms with E-state index in [1.165, 1.54) is 24.0 Å². The van der Waals surface area contributed by atoms with Crippen molar-refractivity contribution in [2.45, 2.75) is 24.7 Å². The minimum Gasteiger partial charge on any atom is -0.348 e. The molecule has 0 unspecified atom stereocenters. The fourth-order valence-electron chi connectivity index (χ4n) is 2.02. The molecule has 0 atom stereocenters. The van der Waals surface area contributed by atoms with Crippen LogP contribution in [0, 0.1) is 5.82 Å². The average molecular weight is 358 g/mol. The van der Waals surface area contributed by atoms with Crippen LogP contribution in [0.1, 0.15) is 28.4 Å². The molecule has 0 bridgehead atoms. The highest BCUT2D eigenvalue weighted by Gasteiger charge is 2.33. The Labute approximate surface area is 140 Å². The standard InChI is InChI=1S/C16H14F4N2OS/c1-2-24-14-7-10(5-6-21-14)15(23)22-9-11-3-4-12(17)8-13(11)16(18,19)20/h3-8H,2,9H2,1H3,(H,22,23). The molecule has 0 aliphatic carbocycles. The Balaban J connectivity index is 2.14. The third kappa shape index (κ3) is 4.70. The summed E-state index contributed by atoms with van der Waals surface area (Å²) in [5.74, 6) is -0.719. The van der Waals surface area contributed by atoms with Crippen molar-refractivity contribution in [2.24, 2.45) is 0 Å². The number of hydrogen-bond acceptors (Lipinski definition) is 3. The molecule has 1 aromatic carbocycles. The van der Waals surface area contributed by atoms with Crippen LogP contribution in [0.5, 0.6) is 0 Å². The lowest BCUT2D eigenvalue weighted by atomic mass is 10.1. The number of pyridine rings is 1. The van der Waals surface area contributed by atoms with Crippen LogP contribution in [0.3, 0.4) is 0 Å². The number of benzene rings is 1. The largest absolute Gasteiger partial charge is 0.416 e. The number of rotatable bonds is 5. The van der Waals surface area contributed by atoms with E-state index in [4.69, 9.17) is 0 Å². The summed E-state index contributed by atoms with van der Waals surface area (Å²) in [6, 6.07) is 5.41. The molecule has 128 valence electrons. The molecule has 0 aliphatic heterocycles. The van der Waals surface area contributed by atoms with Crippen molar-refractivity contribution in [3.05, 3.63) is 59.0 Å². The van der Waals surface area contributed by atoms with Crippen molar-refractivity contribution in [1.29, 1.82) is 0 Å². The van der Waals surface area contributed by atoms with E-state index in [9.17, 15) is 22.4 Å². The molecular weight excluding hydrogens is 344 g/mol. The zero-order chi connectivity index (χ0) is 17.7. The van der Waals surface area contributed by atoms with Crippen molar-refractivity contribution in [1.82, 2.24) is 10.3 Å². The van der Waals surface area contributed by atoms with E-state index in [-0.39, 0.29) is 12.1 Å². The van der Waals surface area contributed by atoms with E-state index in [2.05, 4.69) is 10.3 Å². The normalized spacial score (nSPS) is 11.4. The number of thioether (sulfide) groups is 1. The van der Waals surface area contributed by atoms with E-state index in [1.54, 1.807) is 6.07 Å². The van der Waals surface area contributed by atoms with Crippen LogP contribution in [-0.4, -0.2) is 16.6 Å². The first-order chi connectivity index (χ1) is 11.3. The molecule has 24 heavy (non-hydrogen) atoms. The quantitative estimate of drug-likeness (QED) is 0.641. The first kappa shape index (κ1) is 18.3. The number of amides is 1. The van der Waals surface area contributed by atoms with E-state index in [1.807, 2.05) is 6.92 Å². The lowest BCUT2D eigenvalue weighted by molar-refractivity contribution is -0.138. The number of halogens is 4. The highest BCUT2D eigenvalue weighted by molar-refractivity contribution is 7.99. The minimum absolute atomic E-state index is 0.200. The molecule has 0 saturated carbocycles. The lowest BCUT2D eigenvalue weighted by Crippen LogP contribution is -2.24. The van der Waals surface area contributed by atoms with Crippen LogP contribution >= 0.6 is 11.8 Å². The molecule has 0 aliphatic rings. The van der Waals surface area contributed by atoms with Crippen LogP contribution in [0.15, 0.2) is 41.6 Å². The van der Waals surface area contributed by atoms with E-state index in [0.29, 0.717) is 16.7 Å². The van der Waals surface area contributed by atoms with Gasteiger partial charge in [0.25, 0.3) is 5.91 Å². The second-order valence-corrected chi connectivity index (χ2v) is 6.08. The second kappa shape index (κ2) is 7.65. The highest BCUT2D eigenvalue weighted by atomic mass is 32.2. The zero-order valence-electron chi connectivity index (χ0n) is 12.7. The van der Waals surface area contributed by atoms with Gasteiger partial charge >= 0.3 is 6.18 Å². The maximum atomic E-state index is 13.1. The summed E-state index contributed by atoms with van der Waals surface area (Å²) in [5.41, 5.74) is -0.995. The predicted octanol–water partition coefficient (Wildman–Crippen LogP) is 4.28. The Morgan fingerprint density at radius 3 is 2.67 bits per heavy atom. The van der Waals surface area contributed by atoms with Gasteiger partial charge in [0.2, 0.25) is 0 Å². The number of aromatic nitrogens is 1. The van der Waals surface area contributed by atoms with Gasteiger partial charge in [-0.05, 0) is 35.6 Å². The Bertz CT molecular complexity index is 734. The van der Waals surface area contributed by atoms with Crippen molar-refractivity contribution >= 4 is 17.7 Å². The first-order valence-electron chi connectivity index (χ1n) is 7.04. The third-order valence-corrected chi connectivity index (χ3v) is 3.91. The minimum atomic E-state index is -4.69. The molecule has 0 radical (unpaired) electrons.